The molecule has 6 nitrogen and oxygen atoms in total. The number of anilines is 1. The highest BCUT2D eigenvalue weighted by Crippen LogP contribution is 2.17. The van der Waals surface area contributed by atoms with Crippen molar-refractivity contribution in [3.8, 4) is 0 Å². The van der Waals surface area contributed by atoms with Crippen LogP contribution in [0.1, 0.15) is 0 Å². The predicted octanol–water partition coefficient (Wildman–Crippen LogP) is 0.936. The zero-order valence-electron chi connectivity index (χ0n) is 11.4. The van der Waals surface area contributed by atoms with Gasteiger partial charge >= 0.3 is 5.97 Å². The Hall–Kier alpha value is -2.06. The SMILES string of the molecule is COCCN(CC(=O)O)CC(=O)Nc1c(F)cccc1F. The van der Waals surface area contributed by atoms with Crippen molar-refractivity contribution in [1.82, 2.24) is 4.90 Å². The first-order chi connectivity index (χ1) is 9.93. The minimum Gasteiger partial charge on any atom is -0.480 e. The lowest BCUT2D eigenvalue weighted by Crippen LogP contribution is -2.39. The Bertz CT molecular complexity index is 491. The van der Waals surface area contributed by atoms with Gasteiger partial charge in [-0.1, -0.05) is 6.07 Å². The van der Waals surface area contributed by atoms with Crippen LogP contribution in [0, 0.1) is 11.6 Å². The summed E-state index contributed by atoms with van der Waals surface area (Å²) in [5.74, 6) is -3.62. The summed E-state index contributed by atoms with van der Waals surface area (Å²) >= 11 is 0. The lowest BCUT2D eigenvalue weighted by Gasteiger charge is -2.19. The number of rotatable bonds is 8. The quantitative estimate of drug-likeness (QED) is 0.747. The highest BCUT2D eigenvalue weighted by atomic mass is 19.1. The van der Waals surface area contributed by atoms with E-state index in [-0.39, 0.29) is 26.2 Å². The Morgan fingerprint density at radius 3 is 2.43 bits per heavy atom. The molecule has 1 aromatic carbocycles. The molecule has 0 atom stereocenters. The number of para-hydroxylation sites is 1. The van der Waals surface area contributed by atoms with E-state index in [0.29, 0.717) is 0 Å². The van der Waals surface area contributed by atoms with E-state index in [1.54, 1.807) is 0 Å². The zero-order chi connectivity index (χ0) is 15.8. The van der Waals surface area contributed by atoms with Crippen molar-refractivity contribution in [3.05, 3.63) is 29.8 Å². The molecule has 1 rings (SSSR count). The molecule has 0 aliphatic carbocycles. The summed E-state index contributed by atoms with van der Waals surface area (Å²) in [6.45, 7) is -0.259. The van der Waals surface area contributed by atoms with Crippen molar-refractivity contribution < 1.29 is 28.2 Å². The van der Waals surface area contributed by atoms with Crippen LogP contribution in [0.25, 0.3) is 0 Å². The highest BCUT2D eigenvalue weighted by Gasteiger charge is 2.16. The molecule has 0 aromatic heterocycles. The molecule has 1 aromatic rings. The van der Waals surface area contributed by atoms with Crippen LogP contribution in [0.2, 0.25) is 0 Å². The third-order valence-electron chi connectivity index (χ3n) is 2.56. The lowest BCUT2D eigenvalue weighted by molar-refractivity contribution is -0.138. The van der Waals surface area contributed by atoms with Crippen LogP contribution in [-0.4, -0.2) is 55.2 Å². The molecule has 1 amide bonds. The Labute approximate surface area is 120 Å². The van der Waals surface area contributed by atoms with Gasteiger partial charge in [0.1, 0.15) is 17.3 Å². The van der Waals surface area contributed by atoms with E-state index < -0.39 is 29.2 Å². The van der Waals surface area contributed by atoms with Gasteiger partial charge < -0.3 is 15.2 Å². The molecule has 21 heavy (non-hydrogen) atoms. The molecule has 0 aliphatic rings. The van der Waals surface area contributed by atoms with Gasteiger partial charge in [0, 0.05) is 13.7 Å². The summed E-state index contributed by atoms with van der Waals surface area (Å²) in [5, 5.41) is 10.8. The minimum absolute atomic E-state index is 0.204. The number of nitrogens with zero attached hydrogens (tertiary/aromatic N) is 1. The fraction of sp³-hybridized carbons (Fsp3) is 0.385. The van der Waals surface area contributed by atoms with Crippen LogP contribution in [0.3, 0.4) is 0 Å². The standard InChI is InChI=1S/C13H16F2N2O4/c1-21-6-5-17(8-12(19)20)7-11(18)16-13-9(14)3-2-4-10(13)15/h2-4H,5-8H2,1H3,(H,16,18)(H,19,20). The molecule has 0 unspecified atom stereocenters. The van der Waals surface area contributed by atoms with Gasteiger partial charge in [0.25, 0.3) is 0 Å². The Balaban J connectivity index is 2.66. The van der Waals surface area contributed by atoms with Gasteiger partial charge in [0.05, 0.1) is 19.7 Å². The maximum atomic E-state index is 13.4. The third-order valence-corrected chi connectivity index (χ3v) is 2.56. The van der Waals surface area contributed by atoms with E-state index in [0.717, 1.165) is 12.1 Å². The molecular formula is C13H16F2N2O4. The van der Waals surface area contributed by atoms with E-state index in [1.165, 1.54) is 18.1 Å². The largest absolute Gasteiger partial charge is 0.480 e. The van der Waals surface area contributed by atoms with E-state index >= 15 is 0 Å². The van der Waals surface area contributed by atoms with Crippen LogP contribution in [-0.2, 0) is 14.3 Å². The summed E-state index contributed by atoms with van der Waals surface area (Å²) in [7, 11) is 1.44. The number of halogens is 2. The van der Waals surface area contributed by atoms with Gasteiger partial charge in [-0.15, -0.1) is 0 Å². The number of hydrogen-bond acceptors (Lipinski definition) is 4. The summed E-state index contributed by atoms with van der Waals surface area (Å²) in [4.78, 5) is 23.7. The van der Waals surface area contributed by atoms with E-state index in [9.17, 15) is 18.4 Å². The molecule has 116 valence electrons. The summed E-state index contributed by atoms with van der Waals surface area (Å²) in [6, 6.07) is 3.20. The van der Waals surface area contributed by atoms with Crippen molar-refractivity contribution in [3.63, 3.8) is 0 Å². The molecule has 0 radical (unpaired) electrons. The van der Waals surface area contributed by atoms with Gasteiger partial charge in [-0.3, -0.25) is 14.5 Å². The number of nitrogens with one attached hydrogen (secondary N) is 1. The first kappa shape index (κ1) is 17.0. The predicted molar refractivity (Wildman–Crippen MR) is 70.9 cm³/mol. The molecule has 0 bridgehead atoms. The fourth-order valence-electron chi connectivity index (χ4n) is 1.62. The van der Waals surface area contributed by atoms with E-state index in [2.05, 4.69) is 5.32 Å². The lowest BCUT2D eigenvalue weighted by atomic mass is 10.3. The number of methoxy groups -OCH3 is 1. The molecular weight excluding hydrogens is 286 g/mol. The second-order valence-corrected chi connectivity index (χ2v) is 4.24. The summed E-state index contributed by atoms with van der Waals surface area (Å²) in [6.07, 6.45) is 0. The molecule has 0 saturated carbocycles. The molecule has 0 saturated heterocycles. The first-order valence-electron chi connectivity index (χ1n) is 6.11. The third kappa shape index (κ3) is 5.84. The number of carbonyl (C=O) groups excluding carboxylic acids is 1. The Morgan fingerprint density at radius 1 is 1.29 bits per heavy atom. The molecule has 0 heterocycles. The fourth-order valence-corrected chi connectivity index (χ4v) is 1.62. The normalized spacial score (nSPS) is 10.7. The highest BCUT2D eigenvalue weighted by molar-refractivity contribution is 5.92. The van der Waals surface area contributed by atoms with Gasteiger partial charge in [-0.25, -0.2) is 8.78 Å². The molecule has 0 aliphatic heterocycles. The van der Waals surface area contributed by atoms with Crippen molar-refractivity contribution in [2.24, 2.45) is 0 Å². The second kappa shape index (κ2) is 8.28. The molecule has 0 spiro atoms. The van der Waals surface area contributed by atoms with Gasteiger partial charge in [0.2, 0.25) is 5.91 Å². The van der Waals surface area contributed by atoms with E-state index in [4.69, 9.17) is 9.84 Å². The van der Waals surface area contributed by atoms with Crippen LogP contribution in [0.15, 0.2) is 18.2 Å². The monoisotopic (exact) mass is 302 g/mol. The maximum absolute atomic E-state index is 13.4. The zero-order valence-corrected chi connectivity index (χ0v) is 11.4. The first-order valence-corrected chi connectivity index (χ1v) is 6.11. The maximum Gasteiger partial charge on any atom is 0.317 e. The van der Waals surface area contributed by atoms with Crippen molar-refractivity contribution in [1.29, 1.82) is 0 Å². The Morgan fingerprint density at radius 2 is 1.90 bits per heavy atom. The number of carboxylic acid groups (broad SMARTS) is 1. The molecule has 0 fully saturated rings. The summed E-state index contributed by atoms with van der Waals surface area (Å²) in [5.41, 5.74) is -0.551. The van der Waals surface area contributed by atoms with E-state index in [1.807, 2.05) is 0 Å². The number of amides is 1. The Kier molecular flexibility index (Phi) is 6.70. The average Bonchev–Trinajstić information content (AvgIpc) is 2.40. The van der Waals surface area contributed by atoms with Crippen molar-refractivity contribution in [2.75, 3.05) is 38.7 Å². The number of ether oxygens (including phenoxy) is 1. The van der Waals surface area contributed by atoms with Crippen molar-refractivity contribution in [2.45, 2.75) is 0 Å². The van der Waals surface area contributed by atoms with Crippen molar-refractivity contribution >= 4 is 17.6 Å². The average molecular weight is 302 g/mol. The molecule has 2 N–H and O–H groups in total. The number of benzene rings is 1. The minimum atomic E-state index is -1.11. The van der Waals surface area contributed by atoms with Gasteiger partial charge in [-0.2, -0.15) is 0 Å². The summed E-state index contributed by atoms with van der Waals surface area (Å²) < 4.78 is 31.6. The molecule has 8 heteroatoms. The number of carboxylic acids is 1. The second-order valence-electron chi connectivity index (χ2n) is 4.24. The number of carbonyl (C=O) groups is 2. The van der Waals surface area contributed by atoms with Crippen LogP contribution in [0.5, 0.6) is 0 Å². The van der Waals surface area contributed by atoms with Crippen LogP contribution >= 0.6 is 0 Å². The van der Waals surface area contributed by atoms with Gasteiger partial charge in [-0.05, 0) is 12.1 Å². The number of aliphatic carboxylic acids is 1. The van der Waals surface area contributed by atoms with Gasteiger partial charge in [0.15, 0.2) is 0 Å². The van der Waals surface area contributed by atoms with Crippen LogP contribution < -0.4 is 5.32 Å². The smallest absolute Gasteiger partial charge is 0.317 e. The van der Waals surface area contributed by atoms with Crippen LogP contribution in [0.4, 0.5) is 14.5 Å². The number of hydrogen-bond donors (Lipinski definition) is 2. The topological polar surface area (TPSA) is 78.9 Å².